The Labute approximate surface area is 129 Å². The predicted molar refractivity (Wildman–Crippen MR) is 81.6 cm³/mol. The lowest BCUT2D eigenvalue weighted by Gasteiger charge is -2.24. The Balaban J connectivity index is 1.54. The molecule has 3 heterocycles. The van der Waals surface area contributed by atoms with Crippen LogP contribution in [-0.4, -0.2) is 43.4 Å². The third kappa shape index (κ3) is 2.23. The molecular formula is C16H21N5O. The number of aromatic nitrogens is 4. The van der Waals surface area contributed by atoms with Crippen molar-refractivity contribution in [1.29, 1.82) is 0 Å². The molecule has 2 aliphatic rings. The number of rotatable bonds is 3. The maximum Gasteiger partial charge on any atom is 0.274 e. The van der Waals surface area contributed by atoms with Crippen LogP contribution in [-0.2, 0) is 19.4 Å². The minimum atomic E-state index is 0.0887. The molecule has 1 amide bonds. The Bertz CT molecular complexity index is 701. The monoisotopic (exact) mass is 299 g/mol. The van der Waals surface area contributed by atoms with E-state index in [1.807, 2.05) is 28.9 Å². The van der Waals surface area contributed by atoms with Crippen molar-refractivity contribution in [3.8, 4) is 0 Å². The molecule has 116 valence electrons. The maximum atomic E-state index is 12.9. The first kappa shape index (κ1) is 13.5. The highest BCUT2D eigenvalue weighted by Gasteiger charge is 2.33. The van der Waals surface area contributed by atoms with Gasteiger partial charge in [-0.1, -0.05) is 0 Å². The van der Waals surface area contributed by atoms with Crippen molar-refractivity contribution in [2.75, 3.05) is 6.54 Å². The van der Waals surface area contributed by atoms with Crippen LogP contribution in [0.2, 0.25) is 0 Å². The van der Waals surface area contributed by atoms with Crippen LogP contribution in [0.15, 0.2) is 12.4 Å². The molecule has 1 unspecified atom stereocenters. The summed E-state index contributed by atoms with van der Waals surface area (Å²) in [6.07, 6.45) is 9.12. The van der Waals surface area contributed by atoms with Crippen LogP contribution in [0.4, 0.5) is 0 Å². The molecule has 0 saturated carbocycles. The van der Waals surface area contributed by atoms with Crippen molar-refractivity contribution < 1.29 is 4.79 Å². The number of aryl methyl sites for hydroxylation is 2. The smallest absolute Gasteiger partial charge is 0.274 e. The Morgan fingerprint density at radius 2 is 2.32 bits per heavy atom. The second-order valence-electron chi connectivity index (χ2n) is 6.42. The van der Waals surface area contributed by atoms with E-state index in [2.05, 4.69) is 15.3 Å². The molecule has 1 aliphatic heterocycles. The summed E-state index contributed by atoms with van der Waals surface area (Å²) in [4.78, 5) is 14.9. The van der Waals surface area contributed by atoms with Gasteiger partial charge in [0.1, 0.15) is 0 Å². The van der Waals surface area contributed by atoms with Crippen molar-refractivity contribution >= 4 is 5.91 Å². The first-order valence-electron chi connectivity index (χ1n) is 8.08. The number of aromatic amines is 1. The van der Waals surface area contributed by atoms with Gasteiger partial charge in [-0.25, -0.2) is 0 Å². The number of amides is 1. The molecule has 2 aromatic rings. The zero-order valence-electron chi connectivity index (χ0n) is 12.9. The van der Waals surface area contributed by atoms with E-state index in [4.69, 9.17) is 0 Å². The number of carbonyl (C=O) groups excluding carboxylic acids is 1. The van der Waals surface area contributed by atoms with E-state index < -0.39 is 0 Å². The van der Waals surface area contributed by atoms with Gasteiger partial charge >= 0.3 is 0 Å². The third-order valence-electron chi connectivity index (χ3n) is 4.81. The summed E-state index contributed by atoms with van der Waals surface area (Å²) in [7, 11) is 0. The standard InChI is InChI=1S/C16H21N5O/c1-11-8-17-20(9-11)10-12-4-3-7-21(12)16(22)15-13-5-2-6-14(13)18-19-15/h8-9,12H,2-7,10H2,1H3,(H,18,19). The second kappa shape index (κ2) is 5.26. The molecule has 2 aromatic heterocycles. The van der Waals surface area contributed by atoms with Crippen molar-refractivity contribution in [3.63, 3.8) is 0 Å². The molecule has 6 heteroatoms. The molecule has 22 heavy (non-hydrogen) atoms. The van der Waals surface area contributed by atoms with Gasteiger partial charge in [0.25, 0.3) is 5.91 Å². The number of hydrogen-bond acceptors (Lipinski definition) is 3. The SMILES string of the molecule is Cc1cnn(CC2CCCN2C(=O)c2n[nH]c3c2CCC3)c1. The Morgan fingerprint density at radius 1 is 1.41 bits per heavy atom. The quantitative estimate of drug-likeness (QED) is 0.938. The van der Waals surface area contributed by atoms with Crippen molar-refractivity contribution in [2.24, 2.45) is 0 Å². The van der Waals surface area contributed by atoms with Crippen molar-refractivity contribution in [3.05, 3.63) is 34.9 Å². The number of fused-ring (bicyclic) bond motifs is 1. The summed E-state index contributed by atoms with van der Waals surface area (Å²) >= 11 is 0. The van der Waals surface area contributed by atoms with Gasteiger partial charge in [-0.3, -0.25) is 14.6 Å². The van der Waals surface area contributed by atoms with E-state index in [1.165, 1.54) is 0 Å². The van der Waals surface area contributed by atoms with E-state index in [0.29, 0.717) is 5.69 Å². The summed E-state index contributed by atoms with van der Waals surface area (Å²) < 4.78 is 1.95. The molecule has 4 rings (SSSR count). The summed E-state index contributed by atoms with van der Waals surface area (Å²) in [5.41, 5.74) is 4.10. The van der Waals surface area contributed by atoms with Crippen LogP contribution in [0.5, 0.6) is 0 Å². The number of H-pyrrole nitrogens is 1. The zero-order valence-corrected chi connectivity index (χ0v) is 12.9. The molecule has 0 spiro atoms. The van der Waals surface area contributed by atoms with Crippen molar-refractivity contribution in [2.45, 2.75) is 51.6 Å². The largest absolute Gasteiger partial charge is 0.332 e. The minimum absolute atomic E-state index is 0.0887. The minimum Gasteiger partial charge on any atom is -0.332 e. The Kier molecular flexibility index (Phi) is 3.24. The second-order valence-corrected chi connectivity index (χ2v) is 6.42. The fraction of sp³-hybridized carbons (Fsp3) is 0.562. The van der Waals surface area contributed by atoms with Crippen LogP contribution in [0.1, 0.15) is 46.6 Å². The number of likely N-dealkylation sites (tertiary alicyclic amines) is 1. The van der Waals surface area contributed by atoms with Crippen LogP contribution in [0.3, 0.4) is 0 Å². The molecule has 0 bridgehead atoms. The van der Waals surface area contributed by atoms with Gasteiger partial charge in [0.2, 0.25) is 0 Å². The van der Waals surface area contributed by atoms with E-state index in [-0.39, 0.29) is 11.9 Å². The zero-order chi connectivity index (χ0) is 15.1. The van der Waals surface area contributed by atoms with Gasteiger partial charge < -0.3 is 4.90 Å². The van der Waals surface area contributed by atoms with Gasteiger partial charge in [0.15, 0.2) is 5.69 Å². The number of hydrogen-bond donors (Lipinski definition) is 1. The van der Waals surface area contributed by atoms with Gasteiger partial charge in [0.05, 0.1) is 18.8 Å². The molecule has 1 N–H and O–H groups in total. The van der Waals surface area contributed by atoms with Gasteiger partial charge in [-0.15, -0.1) is 0 Å². The predicted octanol–water partition coefficient (Wildman–Crippen LogP) is 1.71. The Morgan fingerprint density at radius 3 is 3.14 bits per heavy atom. The highest BCUT2D eigenvalue weighted by Crippen LogP contribution is 2.27. The lowest BCUT2D eigenvalue weighted by Crippen LogP contribution is -2.38. The summed E-state index contributed by atoms with van der Waals surface area (Å²) in [6, 6.07) is 0.223. The number of nitrogens with zero attached hydrogens (tertiary/aromatic N) is 4. The van der Waals surface area contributed by atoms with Gasteiger partial charge in [0, 0.05) is 24.0 Å². The molecule has 1 fully saturated rings. The van der Waals surface area contributed by atoms with Crippen LogP contribution in [0, 0.1) is 6.92 Å². The van der Waals surface area contributed by atoms with Gasteiger partial charge in [-0.05, 0) is 44.6 Å². The first-order chi connectivity index (χ1) is 10.7. The summed E-state index contributed by atoms with van der Waals surface area (Å²) in [6.45, 7) is 3.63. The molecule has 1 atom stereocenters. The van der Waals surface area contributed by atoms with E-state index in [1.54, 1.807) is 0 Å². The van der Waals surface area contributed by atoms with Crippen LogP contribution in [0.25, 0.3) is 0 Å². The molecule has 1 aliphatic carbocycles. The topological polar surface area (TPSA) is 66.8 Å². The molecule has 0 radical (unpaired) electrons. The summed E-state index contributed by atoms with van der Waals surface area (Å²) in [5.74, 6) is 0.0887. The highest BCUT2D eigenvalue weighted by atomic mass is 16.2. The van der Waals surface area contributed by atoms with E-state index >= 15 is 0 Å². The van der Waals surface area contributed by atoms with E-state index in [9.17, 15) is 4.79 Å². The lowest BCUT2D eigenvalue weighted by atomic mass is 10.1. The average molecular weight is 299 g/mol. The van der Waals surface area contributed by atoms with Gasteiger partial charge in [-0.2, -0.15) is 10.2 Å². The molecule has 0 aromatic carbocycles. The number of carbonyl (C=O) groups is 1. The molecular weight excluding hydrogens is 278 g/mol. The summed E-state index contributed by atoms with van der Waals surface area (Å²) in [5, 5.41) is 11.7. The van der Waals surface area contributed by atoms with E-state index in [0.717, 1.165) is 62.0 Å². The lowest BCUT2D eigenvalue weighted by molar-refractivity contribution is 0.0714. The fourth-order valence-corrected chi connectivity index (χ4v) is 3.71. The molecule has 6 nitrogen and oxygen atoms in total. The fourth-order valence-electron chi connectivity index (χ4n) is 3.71. The Hall–Kier alpha value is -2.11. The van der Waals surface area contributed by atoms with Crippen LogP contribution < -0.4 is 0 Å². The normalized spacial score (nSPS) is 20.6. The maximum absolute atomic E-state index is 12.9. The molecule has 1 saturated heterocycles. The number of nitrogens with one attached hydrogen (secondary N) is 1. The van der Waals surface area contributed by atoms with Crippen molar-refractivity contribution in [1.82, 2.24) is 24.9 Å². The average Bonchev–Trinajstić information content (AvgIpc) is 3.22. The first-order valence-corrected chi connectivity index (χ1v) is 8.08. The third-order valence-corrected chi connectivity index (χ3v) is 4.81. The highest BCUT2D eigenvalue weighted by molar-refractivity contribution is 5.94. The van der Waals surface area contributed by atoms with Crippen LogP contribution >= 0.6 is 0 Å².